The minimum Gasteiger partial charge on any atom is -0.461 e. The van der Waals surface area contributed by atoms with E-state index in [4.69, 9.17) is 9.47 Å². The molecule has 1 aromatic carbocycles. The van der Waals surface area contributed by atoms with Gasteiger partial charge in [-0.05, 0) is 66.8 Å². The third-order valence-corrected chi connectivity index (χ3v) is 5.23. The average molecular weight is 446 g/mol. The smallest absolute Gasteiger partial charge is 0.310 e. The van der Waals surface area contributed by atoms with E-state index >= 15 is 0 Å². The molecule has 0 N–H and O–H groups in total. The van der Waals surface area contributed by atoms with E-state index in [1.165, 1.54) is 0 Å². The lowest BCUT2D eigenvalue weighted by molar-refractivity contribution is -0.147. The molecular weight excluding hydrogens is 424 g/mol. The number of methoxy groups -OCH3 is 1. The molecule has 1 fully saturated rings. The molecule has 2 rings (SSSR count). The van der Waals surface area contributed by atoms with Gasteiger partial charge in [0.15, 0.2) is 0 Å². The van der Waals surface area contributed by atoms with Gasteiger partial charge in [0.1, 0.15) is 6.61 Å². The predicted molar refractivity (Wildman–Crippen MR) is 98.4 cm³/mol. The predicted octanol–water partition coefficient (Wildman–Crippen LogP) is 5.09. The Kier molecular flexibility index (Phi) is 6.09. The SMILES string of the molecule is COCc1cccc(COC(=O)[C@@H]2[C@H](C=C(Br)Br)C2(C)C)c1C. The second-order valence-electron chi connectivity index (χ2n) is 6.52. The molecule has 0 saturated heterocycles. The fourth-order valence-corrected chi connectivity index (χ4v) is 3.59. The van der Waals surface area contributed by atoms with Gasteiger partial charge in [-0.15, -0.1) is 0 Å². The number of ether oxygens (including phenoxy) is 2. The molecule has 0 aromatic heterocycles. The van der Waals surface area contributed by atoms with Gasteiger partial charge in [-0.25, -0.2) is 0 Å². The van der Waals surface area contributed by atoms with Crippen molar-refractivity contribution in [3.05, 3.63) is 44.4 Å². The minimum atomic E-state index is -0.131. The fraction of sp³-hybridized carbons (Fsp3) is 0.500. The van der Waals surface area contributed by atoms with Crippen LogP contribution in [0.5, 0.6) is 0 Å². The van der Waals surface area contributed by atoms with Gasteiger partial charge in [-0.2, -0.15) is 0 Å². The first kappa shape index (κ1) is 18.7. The van der Waals surface area contributed by atoms with Crippen molar-refractivity contribution < 1.29 is 14.3 Å². The summed E-state index contributed by atoms with van der Waals surface area (Å²) in [5, 5.41) is 0. The quantitative estimate of drug-likeness (QED) is 0.572. The van der Waals surface area contributed by atoms with Crippen LogP contribution in [0, 0.1) is 24.2 Å². The molecule has 0 unspecified atom stereocenters. The van der Waals surface area contributed by atoms with Crippen LogP contribution in [0.15, 0.2) is 27.7 Å². The number of hydrogen-bond acceptors (Lipinski definition) is 3. The Bertz CT molecular complexity index is 619. The zero-order valence-corrected chi connectivity index (χ0v) is 17.0. The van der Waals surface area contributed by atoms with Gasteiger partial charge in [-0.1, -0.05) is 38.1 Å². The summed E-state index contributed by atoms with van der Waals surface area (Å²) < 4.78 is 11.6. The van der Waals surface area contributed by atoms with Crippen molar-refractivity contribution in [2.24, 2.45) is 17.3 Å². The first-order chi connectivity index (χ1) is 10.8. The number of carbonyl (C=O) groups excluding carboxylic acids is 1. The molecule has 1 saturated carbocycles. The summed E-state index contributed by atoms with van der Waals surface area (Å²) in [5.41, 5.74) is 3.21. The van der Waals surface area contributed by atoms with Crippen molar-refractivity contribution >= 4 is 37.8 Å². The lowest BCUT2D eigenvalue weighted by Crippen LogP contribution is -2.11. The first-order valence-electron chi connectivity index (χ1n) is 7.54. The van der Waals surface area contributed by atoms with E-state index in [0.717, 1.165) is 20.1 Å². The highest BCUT2D eigenvalue weighted by atomic mass is 79.9. The molecule has 3 nitrogen and oxygen atoms in total. The standard InChI is InChI=1S/C18H22Br2O3/c1-11-12(9-22-4)6-5-7-13(11)10-23-17(21)16-14(8-15(19)20)18(16,2)3/h5-8,14,16H,9-10H2,1-4H3/t14-,16-/m0/s1. The normalized spacial score (nSPS) is 21.7. The topological polar surface area (TPSA) is 35.5 Å². The molecule has 126 valence electrons. The van der Waals surface area contributed by atoms with Crippen molar-refractivity contribution in [1.29, 1.82) is 0 Å². The van der Waals surface area contributed by atoms with Gasteiger partial charge in [-0.3, -0.25) is 4.79 Å². The van der Waals surface area contributed by atoms with Crippen LogP contribution in [0.1, 0.15) is 30.5 Å². The van der Waals surface area contributed by atoms with Crippen LogP contribution in [0.2, 0.25) is 0 Å². The Morgan fingerprint density at radius 2 is 1.87 bits per heavy atom. The molecule has 0 amide bonds. The van der Waals surface area contributed by atoms with Gasteiger partial charge in [0.2, 0.25) is 0 Å². The van der Waals surface area contributed by atoms with E-state index in [2.05, 4.69) is 45.7 Å². The highest BCUT2D eigenvalue weighted by molar-refractivity contribution is 9.28. The van der Waals surface area contributed by atoms with Crippen molar-refractivity contribution in [2.45, 2.75) is 34.0 Å². The highest BCUT2D eigenvalue weighted by Crippen LogP contribution is 2.60. The maximum Gasteiger partial charge on any atom is 0.310 e. The number of allylic oxidation sites excluding steroid dienone is 1. The molecule has 0 bridgehead atoms. The number of carbonyl (C=O) groups is 1. The van der Waals surface area contributed by atoms with Crippen molar-refractivity contribution in [2.75, 3.05) is 7.11 Å². The summed E-state index contributed by atoms with van der Waals surface area (Å²) in [4.78, 5) is 12.4. The second kappa shape index (κ2) is 7.49. The molecule has 23 heavy (non-hydrogen) atoms. The highest BCUT2D eigenvalue weighted by Gasteiger charge is 2.61. The molecule has 0 aliphatic heterocycles. The molecule has 0 spiro atoms. The van der Waals surface area contributed by atoms with Crippen LogP contribution in [0.3, 0.4) is 0 Å². The Labute approximate surface area is 154 Å². The summed E-state index contributed by atoms with van der Waals surface area (Å²) in [5.74, 6) is -0.0196. The van der Waals surface area contributed by atoms with Crippen molar-refractivity contribution in [3.63, 3.8) is 0 Å². The van der Waals surface area contributed by atoms with Crippen LogP contribution < -0.4 is 0 Å². The molecule has 1 aliphatic rings. The average Bonchev–Trinajstić information content (AvgIpc) is 3.00. The van der Waals surface area contributed by atoms with E-state index in [-0.39, 0.29) is 23.2 Å². The fourth-order valence-electron chi connectivity index (χ4n) is 3.02. The molecule has 0 radical (unpaired) electrons. The summed E-state index contributed by atoms with van der Waals surface area (Å²) in [6.45, 7) is 7.09. The van der Waals surface area contributed by atoms with E-state index in [0.29, 0.717) is 13.2 Å². The zero-order chi connectivity index (χ0) is 17.2. The monoisotopic (exact) mass is 444 g/mol. The molecule has 2 atom stereocenters. The summed E-state index contributed by atoms with van der Waals surface area (Å²) >= 11 is 6.73. The van der Waals surface area contributed by atoms with Crippen LogP contribution in [-0.4, -0.2) is 13.1 Å². The first-order valence-corrected chi connectivity index (χ1v) is 9.13. The molecule has 0 heterocycles. The summed E-state index contributed by atoms with van der Waals surface area (Å²) in [6.07, 6.45) is 2.02. The van der Waals surface area contributed by atoms with Crippen LogP contribution in [0.4, 0.5) is 0 Å². The van der Waals surface area contributed by atoms with E-state index in [1.54, 1.807) is 7.11 Å². The molecule has 1 aromatic rings. The maximum absolute atomic E-state index is 12.4. The Balaban J connectivity index is 2.01. The number of halogens is 2. The maximum atomic E-state index is 12.4. The number of rotatable bonds is 6. The third-order valence-electron chi connectivity index (χ3n) is 4.70. The minimum absolute atomic E-state index is 0.0587. The lowest BCUT2D eigenvalue weighted by atomic mass is 10.0. The number of esters is 1. The Morgan fingerprint density at radius 1 is 1.26 bits per heavy atom. The molecule has 5 heteroatoms. The zero-order valence-electron chi connectivity index (χ0n) is 13.9. The van der Waals surface area contributed by atoms with E-state index in [9.17, 15) is 4.79 Å². The van der Waals surface area contributed by atoms with Gasteiger partial charge >= 0.3 is 5.97 Å². The van der Waals surface area contributed by atoms with Crippen LogP contribution >= 0.6 is 31.9 Å². The Hall–Kier alpha value is -0.650. The molecule has 1 aliphatic carbocycles. The van der Waals surface area contributed by atoms with Gasteiger partial charge < -0.3 is 9.47 Å². The summed E-state index contributed by atoms with van der Waals surface area (Å²) in [6, 6.07) is 5.99. The number of benzene rings is 1. The van der Waals surface area contributed by atoms with E-state index < -0.39 is 0 Å². The van der Waals surface area contributed by atoms with Gasteiger partial charge in [0.05, 0.1) is 15.9 Å². The third kappa shape index (κ3) is 4.25. The van der Waals surface area contributed by atoms with Crippen LogP contribution in [-0.2, 0) is 27.5 Å². The van der Waals surface area contributed by atoms with E-state index in [1.807, 2.05) is 31.2 Å². The second-order valence-corrected chi connectivity index (χ2v) is 9.30. The lowest BCUT2D eigenvalue weighted by Gasteiger charge is -2.11. The van der Waals surface area contributed by atoms with Gasteiger partial charge in [0.25, 0.3) is 0 Å². The van der Waals surface area contributed by atoms with Crippen molar-refractivity contribution in [3.8, 4) is 0 Å². The number of hydrogen-bond donors (Lipinski definition) is 0. The Morgan fingerprint density at radius 3 is 2.43 bits per heavy atom. The largest absolute Gasteiger partial charge is 0.461 e. The van der Waals surface area contributed by atoms with Gasteiger partial charge in [0, 0.05) is 7.11 Å². The van der Waals surface area contributed by atoms with Crippen molar-refractivity contribution in [1.82, 2.24) is 0 Å². The molecular formula is C18H22Br2O3. The van der Waals surface area contributed by atoms with Crippen LogP contribution in [0.25, 0.3) is 0 Å². The summed E-state index contributed by atoms with van der Waals surface area (Å²) in [7, 11) is 1.68.